The zero-order valence-electron chi connectivity index (χ0n) is 16.2. The summed E-state index contributed by atoms with van der Waals surface area (Å²) in [5, 5.41) is 3.48. The number of hydrogen-bond acceptors (Lipinski definition) is 2. The molecule has 1 heterocycles. The maximum Gasteiger partial charge on any atom is 0.193 e. The van der Waals surface area contributed by atoms with E-state index in [4.69, 9.17) is 4.99 Å². The largest absolute Gasteiger partial charge is 0.357 e. The van der Waals surface area contributed by atoms with Gasteiger partial charge in [-0.2, -0.15) is 0 Å². The first-order valence-corrected chi connectivity index (χ1v) is 9.34. The first-order valence-electron chi connectivity index (χ1n) is 9.34. The molecule has 25 heavy (non-hydrogen) atoms. The third kappa shape index (κ3) is 7.13. The van der Waals surface area contributed by atoms with Gasteiger partial charge in [-0.05, 0) is 57.8 Å². The summed E-state index contributed by atoms with van der Waals surface area (Å²) in [6.45, 7) is 9.61. The number of benzene rings is 1. The molecule has 2 rings (SSSR count). The van der Waals surface area contributed by atoms with Crippen molar-refractivity contribution >= 4 is 29.9 Å². The number of rotatable bonds is 6. The normalized spacial score (nSPS) is 21.2. The number of hydrogen-bond donors (Lipinski definition) is 1. The van der Waals surface area contributed by atoms with Gasteiger partial charge in [-0.3, -0.25) is 4.99 Å². The molecule has 1 aromatic carbocycles. The highest BCUT2D eigenvalue weighted by Gasteiger charge is 2.28. The average Bonchev–Trinajstić information content (AvgIpc) is 2.58. The molecule has 1 fully saturated rings. The summed E-state index contributed by atoms with van der Waals surface area (Å²) in [4.78, 5) is 9.51. The standard InChI is InChI=1S/C20H34N4.HI/c1-5-21-20(22-13-9-14-23(3)4)24-15-12-19(17(2)16-24)18-10-7-6-8-11-18;/h6-8,10-11,17,19H,5,9,12-16H2,1-4H3,(H,21,22);1H. The first-order chi connectivity index (χ1) is 11.6. The minimum Gasteiger partial charge on any atom is -0.357 e. The van der Waals surface area contributed by atoms with Gasteiger partial charge >= 0.3 is 0 Å². The number of aliphatic imine (C=N–C) groups is 1. The Morgan fingerprint density at radius 2 is 2.00 bits per heavy atom. The van der Waals surface area contributed by atoms with E-state index in [2.05, 4.69) is 73.4 Å². The van der Waals surface area contributed by atoms with E-state index in [1.807, 2.05) is 0 Å². The maximum atomic E-state index is 4.85. The van der Waals surface area contributed by atoms with E-state index in [0.717, 1.165) is 45.1 Å². The Morgan fingerprint density at radius 3 is 2.60 bits per heavy atom. The molecule has 0 spiro atoms. The Kier molecular flexibility index (Phi) is 10.4. The first kappa shape index (κ1) is 22.2. The molecule has 0 bridgehead atoms. The van der Waals surface area contributed by atoms with Crippen molar-refractivity contribution in [2.45, 2.75) is 32.6 Å². The van der Waals surface area contributed by atoms with Gasteiger partial charge in [-0.1, -0.05) is 37.3 Å². The van der Waals surface area contributed by atoms with Crippen molar-refractivity contribution in [1.29, 1.82) is 0 Å². The summed E-state index contributed by atoms with van der Waals surface area (Å²) in [5.74, 6) is 2.40. The van der Waals surface area contributed by atoms with Crippen molar-refractivity contribution in [3.8, 4) is 0 Å². The highest BCUT2D eigenvalue weighted by Crippen LogP contribution is 2.32. The van der Waals surface area contributed by atoms with E-state index in [-0.39, 0.29) is 24.0 Å². The van der Waals surface area contributed by atoms with Crippen LogP contribution >= 0.6 is 24.0 Å². The molecule has 0 aromatic heterocycles. The lowest BCUT2D eigenvalue weighted by molar-refractivity contribution is 0.234. The van der Waals surface area contributed by atoms with Crippen molar-refractivity contribution in [3.05, 3.63) is 35.9 Å². The molecule has 4 nitrogen and oxygen atoms in total. The fourth-order valence-electron chi connectivity index (χ4n) is 3.53. The van der Waals surface area contributed by atoms with Gasteiger partial charge in [0, 0.05) is 26.2 Å². The fraction of sp³-hybridized carbons (Fsp3) is 0.650. The van der Waals surface area contributed by atoms with Crippen LogP contribution in [-0.2, 0) is 0 Å². The molecule has 0 aliphatic carbocycles. The van der Waals surface area contributed by atoms with E-state index >= 15 is 0 Å². The second-order valence-electron chi connectivity index (χ2n) is 7.12. The molecule has 2 atom stereocenters. The average molecular weight is 458 g/mol. The molecule has 1 aliphatic heterocycles. The van der Waals surface area contributed by atoms with E-state index in [1.54, 1.807) is 0 Å². The van der Waals surface area contributed by atoms with Gasteiger partial charge in [-0.15, -0.1) is 24.0 Å². The SMILES string of the molecule is CCNC(=NCCCN(C)C)N1CCC(c2ccccc2)C(C)C1.I. The number of nitrogens with zero attached hydrogens (tertiary/aromatic N) is 3. The van der Waals surface area contributed by atoms with Crippen LogP contribution in [0.4, 0.5) is 0 Å². The Morgan fingerprint density at radius 1 is 1.28 bits per heavy atom. The predicted octanol–water partition coefficient (Wildman–Crippen LogP) is 3.65. The number of nitrogens with one attached hydrogen (secondary N) is 1. The summed E-state index contributed by atoms with van der Waals surface area (Å²) in [6, 6.07) is 11.0. The summed E-state index contributed by atoms with van der Waals surface area (Å²) in [5.41, 5.74) is 1.48. The predicted molar refractivity (Wildman–Crippen MR) is 119 cm³/mol. The molecule has 0 amide bonds. The fourth-order valence-corrected chi connectivity index (χ4v) is 3.53. The van der Waals surface area contributed by atoms with E-state index < -0.39 is 0 Å². The zero-order valence-corrected chi connectivity index (χ0v) is 18.6. The van der Waals surface area contributed by atoms with Crippen LogP contribution in [0.2, 0.25) is 0 Å². The summed E-state index contributed by atoms with van der Waals surface area (Å²) < 4.78 is 0. The molecule has 2 unspecified atom stereocenters. The van der Waals surface area contributed by atoms with Gasteiger partial charge in [0.1, 0.15) is 0 Å². The van der Waals surface area contributed by atoms with Crippen LogP contribution in [0.15, 0.2) is 35.3 Å². The van der Waals surface area contributed by atoms with Crippen LogP contribution in [-0.4, -0.2) is 62.6 Å². The molecule has 1 N–H and O–H groups in total. The van der Waals surface area contributed by atoms with Crippen LogP contribution in [0, 0.1) is 5.92 Å². The second-order valence-corrected chi connectivity index (χ2v) is 7.12. The number of halogens is 1. The highest BCUT2D eigenvalue weighted by atomic mass is 127. The molecule has 142 valence electrons. The molecular weight excluding hydrogens is 423 g/mol. The Bertz CT molecular complexity index is 504. The van der Waals surface area contributed by atoms with E-state index in [9.17, 15) is 0 Å². The summed E-state index contributed by atoms with van der Waals surface area (Å²) >= 11 is 0. The van der Waals surface area contributed by atoms with Crippen molar-refractivity contribution in [2.24, 2.45) is 10.9 Å². The lowest BCUT2D eigenvalue weighted by Gasteiger charge is -2.39. The van der Waals surface area contributed by atoms with Gasteiger partial charge in [0.25, 0.3) is 0 Å². The van der Waals surface area contributed by atoms with Gasteiger partial charge < -0.3 is 15.1 Å². The van der Waals surface area contributed by atoms with Gasteiger partial charge in [0.2, 0.25) is 0 Å². The van der Waals surface area contributed by atoms with Gasteiger partial charge in [-0.25, -0.2) is 0 Å². The smallest absolute Gasteiger partial charge is 0.193 e. The van der Waals surface area contributed by atoms with Crippen molar-refractivity contribution in [1.82, 2.24) is 15.1 Å². The number of guanidine groups is 1. The minimum atomic E-state index is 0. The van der Waals surface area contributed by atoms with Crippen LogP contribution in [0.3, 0.4) is 0 Å². The van der Waals surface area contributed by atoms with E-state index in [0.29, 0.717) is 11.8 Å². The van der Waals surface area contributed by atoms with Crippen LogP contribution < -0.4 is 5.32 Å². The van der Waals surface area contributed by atoms with Crippen molar-refractivity contribution in [3.63, 3.8) is 0 Å². The minimum absolute atomic E-state index is 0. The lowest BCUT2D eigenvalue weighted by Crippen LogP contribution is -2.48. The van der Waals surface area contributed by atoms with Crippen molar-refractivity contribution in [2.75, 3.05) is 46.8 Å². The van der Waals surface area contributed by atoms with Crippen LogP contribution in [0.1, 0.15) is 38.2 Å². The Balaban J connectivity index is 0.00000312. The number of likely N-dealkylation sites (tertiary alicyclic amines) is 1. The Labute approximate surface area is 171 Å². The third-order valence-corrected chi connectivity index (χ3v) is 4.79. The molecule has 1 saturated heterocycles. The summed E-state index contributed by atoms with van der Waals surface area (Å²) in [7, 11) is 4.23. The highest BCUT2D eigenvalue weighted by molar-refractivity contribution is 14.0. The molecule has 1 aliphatic rings. The number of piperidine rings is 1. The van der Waals surface area contributed by atoms with Crippen molar-refractivity contribution < 1.29 is 0 Å². The molecule has 0 saturated carbocycles. The molecular formula is C20H35IN4. The van der Waals surface area contributed by atoms with E-state index in [1.165, 1.54) is 12.0 Å². The zero-order chi connectivity index (χ0) is 17.4. The molecule has 0 radical (unpaired) electrons. The third-order valence-electron chi connectivity index (χ3n) is 4.79. The van der Waals surface area contributed by atoms with Gasteiger partial charge in [0.15, 0.2) is 5.96 Å². The maximum absolute atomic E-state index is 4.85. The molecule has 5 heteroatoms. The van der Waals surface area contributed by atoms with Crippen LogP contribution in [0.25, 0.3) is 0 Å². The Hall–Kier alpha value is -0.820. The lowest BCUT2D eigenvalue weighted by atomic mass is 9.82. The second kappa shape index (κ2) is 11.7. The topological polar surface area (TPSA) is 30.9 Å². The summed E-state index contributed by atoms with van der Waals surface area (Å²) in [6.07, 6.45) is 2.31. The van der Waals surface area contributed by atoms with Crippen LogP contribution in [0.5, 0.6) is 0 Å². The monoisotopic (exact) mass is 458 g/mol. The molecule has 1 aromatic rings. The quantitative estimate of drug-likeness (QED) is 0.306. The van der Waals surface area contributed by atoms with Gasteiger partial charge in [0.05, 0.1) is 0 Å².